The van der Waals surface area contributed by atoms with Crippen LogP contribution >= 0.6 is 0 Å². The fraction of sp³-hybridized carbons (Fsp3) is 0.909. The molecule has 3 unspecified atom stereocenters. The smallest absolute Gasteiger partial charge is 0.0555 e. The highest BCUT2D eigenvalue weighted by Crippen LogP contribution is 2.63. The summed E-state index contributed by atoms with van der Waals surface area (Å²) in [5, 5.41) is 33.2. The van der Waals surface area contributed by atoms with Gasteiger partial charge >= 0.3 is 0 Å². The van der Waals surface area contributed by atoms with E-state index in [9.17, 15) is 10.2 Å². The van der Waals surface area contributed by atoms with Crippen LogP contribution in [-0.2, 0) is 0 Å². The van der Waals surface area contributed by atoms with Gasteiger partial charge in [-0.3, -0.25) is 0 Å². The van der Waals surface area contributed by atoms with E-state index in [4.69, 9.17) is 10.8 Å². The number of nitrogens with two attached hydrogens (primary N) is 1. The molecule has 5 heteroatoms. The second kappa shape index (κ2) is 8.11. The van der Waals surface area contributed by atoms with Crippen molar-refractivity contribution in [2.24, 2.45) is 40.2 Å². The zero-order valence-electron chi connectivity index (χ0n) is 17.2. The number of fused-ring (bicyclic) bond motifs is 1. The van der Waals surface area contributed by atoms with Crippen molar-refractivity contribution in [1.82, 2.24) is 5.32 Å². The lowest BCUT2D eigenvalue weighted by Crippen LogP contribution is -2.53. The quantitative estimate of drug-likeness (QED) is 0.357. The first-order valence-electron chi connectivity index (χ1n) is 10.8. The molecule has 6 N–H and O–H groups in total. The number of hydrogen-bond donors (Lipinski definition) is 5. The van der Waals surface area contributed by atoms with Gasteiger partial charge in [0.2, 0.25) is 0 Å². The van der Waals surface area contributed by atoms with Crippen molar-refractivity contribution in [3.05, 3.63) is 12.2 Å². The van der Waals surface area contributed by atoms with E-state index < -0.39 is 0 Å². The van der Waals surface area contributed by atoms with Crippen molar-refractivity contribution < 1.29 is 15.3 Å². The van der Waals surface area contributed by atoms with Crippen LogP contribution in [0.5, 0.6) is 0 Å². The van der Waals surface area contributed by atoms with Crippen molar-refractivity contribution in [2.45, 2.75) is 64.5 Å². The van der Waals surface area contributed by atoms with Gasteiger partial charge in [-0.15, -0.1) is 0 Å². The van der Waals surface area contributed by atoms with Crippen LogP contribution < -0.4 is 11.1 Å². The maximum absolute atomic E-state index is 10.4. The van der Waals surface area contributed by atoms with Crippen molar-refractivity contribution in [1.29, 1.82) is 0 Å². The molecule has 0 amide bonds. The van der Waals surface area contributed by atoms with Crippen LogP contribution in [0.3, 0.4) is 0 Å². The predicted molar refractivity (Wildman–Crippen MR) is 108 cm³/mol. The molecule has 3 aliphatic carbocycles. The van der Waals surface area contributed by atoms with Crippen molar-refractivity contribution in [2.75, 3.05) is 26.3 Å². The van der Waals surface area contributed by atoms with Crippen molar-refractivity contribution in [3.8, 4) is 0 Å². The summed E-state index contributed by atoms with van der Waals surface area (Å²) in [5.41, 5.74) is 7.69. The lowest BCUT2D eigenvalue weighted by molar-refractivity contribution is -0.0931. The Bertz CT molecular complexity index is 542. The second-order valence-electron chi connectivity index (χ2n) is 9.94. The normalized spacial score (nSPS) is 47.9. The topological polar surface area (TPSA) is 98.7 Å². The van der Waals surface area contributed by atoms with Gasteiger partial charge in [0.05, 0.1) is 12.7 Å². The molecule has 0 aromatic heterocycles. The fourth-order valence-corrected chi connectivity index (χ4v) is 6.91. The summed E-state index contributed by atoms with van der Waals surface area (Å²) < 4.78 is 0. The molecule has 5 nitrogen and oxygen atoms in total. The van der Waals surface area contributed by atoms with Crippen LogP contribution in [0.15, 0.2) is 12.2 Å². The van der Waals surface area contributed by atoms with E-state index in [0.717, 1.165) is 45.1 Å². The van der Waals surface area contributed by atoms with Gasteiger partial charge in [0.1, 0.15) is 0 Å². The predicted octanol–water partition coefficient (Wildman–Crippen LogP) is 1.66. The zero-order valence-corrected chi connectivity index (χ0v) is 17.2. The van der Waals surface area contributed by atoms with E-state index in [0.29, 0.717) is 24.3 Å². The van der Waals surface area contributed by atoms with Gasteiger partial charge in [-0.05, 0) is 79.6 Å². The molecule has 0 aromatic carbocycles. The third kappa shape index (κ3) is 3.62. The fourth-order valence-electron chi connectivity index (χ4n) is 6.91. The van der Waals surface area contributed by atoms with Crippen molar-refractivity contribution in [3.63, 3.8) is 0 Å². The van der Waals surface area contributed by atoms with Gasteiger partial charge in [-0.2, -0.15) is 0 Å². The Morgan fingerprint density at radius 2 is 1.89 bits per heavy atom. The van der Waals surface area contributed by atoms with Gasteiger partial charge in [0.15, 0.2) is 0 Å². The summed E-state index contributed by atoms with van der Waals surface area (Å²) in [6.07, 6.45) is 5.53. The summed E-state index contributed by atoms with van der Waals surface area (Å²) in [5.74, 6) is 1.44. The molecule has 3 rings (SSSR count). The zero-order chi connectivity index (χ0) is 19.8. The van der Waals surface area contributed by atoms with Gasteiger partial charge in [0, 0.05) is 19.2 Å². The monoisotopic (exact) mass is 380 g/mol. The summed E-state index contributed by atoms with van der Waals surface area (Å²) in [6, 6.07) is 0.0517. The largest absolute Gasteiger partial charge is 0.396 e. The maximum atomic E-state index is 10.4. The first-order chi connectivity index (χ1) is 12.8. The van der Waals surface area contributed by atoms with Gasteiger partial charge in [-0.1, -0.05) is 26.0 Å². The van der Waals surface area contributed by atoms with Gasteiger partial charge in [0.25, 0.3) is 0 Å². The molecule has 0 aromatic rings. The Kier molecular flexibility index (Phi) is 6.39. The Morgan fingerprint density at radius 3 is 2.56 bits per heavy atom. The number of aliphatic hydroxyl groups is 3. The standard InChI is InChI=1S/C22H40N2O3/c1-14-20(23)11-19-17(13-26)18(5-7-21(14,19)2)22(3)6-4-16(27)10-15(22)12-24-8-9-25/h15-20,24-27H,1,4-13,23H2,2-3H3/t15-,16+,17-,18?,19?,20?,21-,22+/m1/s1. The molecule has 0 heterocycles. The Morgan fingerprint density at radius 1 is 1.15 bits per heavy atom. The minimum Gasteiger partial charge on any atom is -0.396 e. The van der Waals surface area contributed by atoms with E-state index >= 15 is 0 Å². The first kappa shape index (κ1) is 21.3. The molecule has 0 spiro atoms. The molecule has 27 heavy (non-hydrogen) atoms. The lowest BCUT2D eigenvalue weighted by atomic mass is 9.49. The Hall–Kier alpha value is -0.460. The Balaban J connectivity index is 1.85. The third-order valence-electron chi connectivity index (χ3n) is 8.76. The number of hydrogen-bond acceptors (Lipinski definition) is 5. The first-order valence-corrected chi connectivity index (χ1v) is 10.8. The van der Waals surface area contributed by atoms with E-state index in [-0.39, 0.29) is 42.1 Å². The average Bonchev–Trinajstić information content (AvgIpc) is 2.87. The highest BCUT2D eigenvalue weighted by atomic mass is 16.3. The van der Waals surface area contributed by atoms with Crippen LogP contribution in [0.1, 0.15) is 52.4 Å². The number of aliphatic hydroxyl groups excluding tert-OH is 3. The molecule has 0 aliphatic heterocycles. The molecule has 3 aliphatic rings. The molecular weight excluding hydrogens is 340 g/mol. The third-order valence-corrected chi connectivity index (χ3v) is 8.76. The minimum absolute atomic E-state index is 0.0517. The van der Waals surface area contributed by atoms with Crippen LogP contribution in [0.4, 0.5) is 0 Å². The summed E-state index contributed by atoms with van der Waals surface area (Å²) in [7, 11) is 0. The molecule has 0 saturated heterocycles. The Labute approximate surface area is 164 Å². The highest BCUT2D eigenvalue weighted by molar-refractivity contribution is 5.26. The van der Waals surface area contributed by atoms with Crippen LogP contribution in [0.2, 0.25) is 0 Å². The highest BCUT2D eigenvalue weighted by Gasteiger charge is 2.58. The molecule has 156 valence electrons. The van der Waals surface area contributed by atoms with Crippen LogP contribution in [0.25, 0.3) is 0 Å². The lowest BCUT2D eigenvalue weighted by Gasteiger charge is -2.56. The molecule has 3 saturated carbocycles. The van der Waals surface area contributed by atoms with E-state index in [1.54, 1.807) is 0 Å². The van der Waals surface area contributed by atoms with E-state index in [2.05, 4.69) is 25.7 Å². The average molecular weight is 381 g/mol. The van der Waals surface area contributed by atoms with E-state index in [1.165, 1.54) is 5.57 Å². The summed E-state index contributed by atoms with van der Waals surface area (Å²) in [4.78, 5) is 0. The number of rotatable bonds is 6. The summed E-state index contributed by atoms with van der Waals surface area (Å²) in [6.45, 7) is 10.7. The van der Waals surface area contributed by atoms with E-state index in [1.807, 2.05) is 0 Å². The number of nitrogens with one attached hydrogen (secondary N) is 1. The van der Waals surface area contributed by atoms with Crippen LogP contribution in [-0.4, -0.2) is 53.8 Å². The molecular formula is C22H40N2O3. The molecule has 8 atom stereocenters. The van der Waals surface area contributed by atoms with Gasteiger partial charge in [-0.25, -0.2) is 0 Å². The van der Waals surface area contributed by atoms with Crippen molar-refractivity contribution >= 4 is 0 Å². The van der Waals surface area contributed by atoms with Gasteiger partial charge < -0.3 is 26.4 Å². The molecule has 3 fully saturated rings. The van der Waals surface area contributed by atoms with Crippen LogP contribution in [0, 0.1) is 34.5 Å². The molecule has 0 bridgehead atoms. The summed E-state index contributed by atoms with van der Waals surface area (Å²) >= 11 is 0. The SMILES string of the molecule is C=C1C(N)CC2[C@H](CO)C([C@@]3(C)CC[C@H](O)C[C@@H]3CNCCO)CC[C@]12C. The minimum atomic E-state index is -0.236. The molecule has 0 radical (unpaired) electrons. The second-order valence-corrected chi connectivity index (χ2v) is 9.94. The maximum Gasteiger partial charge on any atom is 0.0555 e.